The number of carboxylic acid groups (broad SMARTS) is 1. The van der Waals surface area contributed by atoms with E-state index < -0.39 is 60.4 Å². The van der Waals surface area contributed by atoms with E-state index in [4.69, 9.17) is 16.7 Å². The van der Waals surface area contributed by atoms with Gasteiger partial charge in [0.15, 0.2) is 9.84 Å². The average molecular weight is 438 g/mol. The van der Waals surface area contributed by atoms with Gasteiger partial charge in [0.1, 0.15) is 17.1 Å². The maximum absolute atomic E-state index is 12.6. The predicted molar refractivity (Wildman–Crippen MR) is 92.2 cm³/mol. The zero-order valence-electron chi connectivity index (χ0n) is 13.6. The highest BCUT2D eigenvalue weighted by molar-refractivity contribution is 7.92. The molecule has 28 heavy (non-hydrogen) atoms. The first-order chi connectivity index (χ1) is 12.8. The fraction of sp³-hybridized carbons (Fsp3) is 0.125. The molecule has 0 heterocycles. The number of carbonyl (C=O) groups excluding carboxylic acids is 1. The molecule has 0 aliphatic heterocycles. The number of rotatable bonds is 5. The Morgan fingerprint density at radius 3 is 2.29 bits per heavy atom. The summed E-state index contributed by atoms with van der Waals surface area (Å²) in [5, 5.41) is 19.7. The summed E-state index contributed by atoms with van der Waals surface area (Å²) in [5.74, 6) is -4.27. The van der Waals surface area contributed by atoms with E-state index in [0.29, 0.717) is 18.2 Å². The lowest BCUT2D eigenvalue weighted by atomic mass is 10.2. The second kappa shape index (κ2) is 7.68. The molecule has 0 spiro atoms. The van der Waals surface area contributed by atoms with Gasteiger partial charge in [-0.1, -0.05) is 11.6 Å². The molecule has 2 aromatic rings. The van der Waals surface area contributed by atoms with Crippen molar-refractivity contribution in [2.24, 2.45) is 0 Å². The van der Waals surface area contributed by atoms with Crippen LogP contribution in [0.15, 0.2) is 41.3 Å². The number of halogens is 4. The maximum atomic E-state index is 12.6. The van der Waals surface area contributed by atoms with Crippen LogP contribution in [0.3, 0.4) is 0 Å². The second-order valence-electron chi connectivity index (χ2n) is 5.49. The zero-order chi connectivity index (χ0) is 21.3. The van der Waals surface area contributed by atoms with Crippen molar-refractivity contribution in [3.63, 3.8) is 0 Å². The number of carboxylic acids is 1. The Labute approximate surface area is 161 Å². The third-order valence-electron chi connectivity index (χ3n) is 3.43. The molecule has 1 amide bonds. The number of amides is 1. The van der Waals surface area contributed by atoms with Crippen molar-refractivity contribution in [2.45, 2.75) is 11.1 Å². The van der Waals surface area contributed by atoms with Gasteiger partial charge in [-0.05, 0) is 36.4 Å². The van der Waals surface area contributed by atoms with E-state index in [9.17, 15) is 36.3 Å². The Bertz CT molecular complexity index is 1050. The molecule has 150 valence electrons. The molecule has 0 unspecified atom stereocenters. The number of sulfone groups is 1. The quantitative estimate of drug-likeness (QED) is 0.618. The van der Waals surface area contributed by atoms with Gasteiger partial charge in [0, 0.05) is 5.69 Å². The molecular weight excluding hydrogens is 427 g/mol. The maximum Gasteiger partial charge on any atom is 0.416 e. The Balaban J connectivity index is 2.22. The first-order valence-corrected chi connectivity index (χ1v) is 9.30. The van der Waals surface area contributed by atoms with Gasteiger partial charge >= 0.3 is 12.1 Å². The summed E-state index contributed by atoms with van der Waals surface area (Å²) in [6.07, 6.45) is -4.72. The van der Waals surface area contributed by atoms with Gasteiger partial charge < -0.3 is 15.5 Å². The molecule has 2 rings (SSSR count). The molecule has 7 nitrogen and oxygen atoms in total. The normalized spacial score (nSPS) is 11.9. The van der Waals surface area contributed by atoms with E-state index >= 15 is 0 Å². The summed E-state index contributed by atoms with van der Waals surface area (Å²) in [4.78, 5) is 22.3. The SMILES string of the molecule is O=C(CS(=O)(=O)c1ccc(C(F)(F)F)cc1Cl)Nc1ccc(O)c(C(=O)O)c1. The molecular formula is C16H11ClF3NO6S. The minimum absolute atomic E-state index is 0.103. The highest BCUT2D eigenvalue weighted by Gasteiger charge is 2.32. The Hall–Kier alpha value is -2.79. The van der Waals surface area contributed by atoms with Crippen molar-refractivity contribution in [3.8, 4) is 5.75 Å². The third-order valence-corrected chi connectivity index (χ3v) is 5.52. The Morgan fingerprint density at radius 2 is 1.75 bits per heavy atom. The molecule has 0 fully saturated rings. The van der Waals surface area contributed by atoms with Gasteiger partial charge in [-0.25, -0.2) is 13.2 Å². The number of aromatic carboxylic acids is 1. The number of nitrogens with one attached hydrogen (secondary N) is 1. The minimum atomic E-state index is -4.72. The third kappa shape index (κ3) is 4.93. The Morgan fingerprint density at radius 1 is 1.11 bits per heavy atom. The highest BCUT2D eigenvalue weighted by Crippen LogP contribution is 2.33. The summed E-state index contributed by atoms with van der Waals surface area (Å²) in [5.41, 5.74) is -1.77. The average Bonchev–Trinajstić information content (AvgIpc) is 2.54. The van der Waals surface area contributed by atoms with Crippen LogP contribution in [0.25, 0.3) is 0 Å². The van der Waals surface area contributed by atoms with E-state index in [1.807, 2.05) is 0 Å². The van der Waals surface area contributed by atoms with Gasteiger partial charge in [0.05, 0.1) is 15.5 Å². The number of anilines is 1. The molecule has 0 bridgehead atoms. The fourth-order valence-corrected chi connectivity index (χ4v) is 3.90. The van der Waals surface area contributed by atoms with Crippen LogP contribution in [0.2, 0.25) is 5.02 Å². The Kier molecular flexibility index (Phi) is 5.90. The number of phenols is 1. The molecule has 0 atom stereocenters. The van der Waals surface area contributed by atoms with Crippen LogP contribution >= 0.6 is 11.6 Å². The van der Waals surface area contributed by atoms with Crippen LogP contribution in [0, 0.1) is 0 Å². The largest absolute Gasteiger partial charge is 0.507 e. The summed E-state index contributed by atoms with van der Waals surface area (Å²) >= 11 is 5.63. The van der Waals surface area contributed by atoms with Gasteiger partial charge in [0.25, 0.3) is 0 Å². The van der Waals surface area contributed by atoms with E-state index in [2.05, 4.69) is 5.32 Å². The van der Waals surface area contributed by atoms with Crippen LogP contribution < -0.4 is 5.32 Å². The van der Waals surface area contributed by atoms with Crippen LogP contribution in [-0.4, -0.2) is 36.3 Å². The number of hydrogen-bond acceptors (Lipinski definition) is 5. The number of aromatic hydroxyl groups is 1. The summed E-state index contributed by atoms with van der Waals surface area (Å²) < 4.78 is 62.5. The fourth-order valence-electron chi connectivity index (χ4n) is 2.16. The smallest absolute Gasteiger partial charge is 0.416 e. The summed E-state index contributed by atoms with van der Waals surface area (Å²) in [7, 11) is -4.38. The standard InChI is InChI=1S/C16H11ClF3NO6S/c17-11-5-8(16(18,19)20)1-4-13(11)28(26,27)7-14(23)21-9-2-3-12(22)10(6-9)15(24)25/h1-6,22H,7H2,(H,21,23)(H,24,25). The lowest BCUT2D eigenvalue weighted by Crippen LogP contribution is -2.23. The van der Waals surface area contributed by atoms with Crippen LogP contribution in [0.5, 0.6) is 5.75 Å². The van der Waals surface area contributed by atoms with Gasteiger partial charge in [-0.2, -0.15) is 13.2 Å². The molecule has 12 heteroatoms. The molecule has 2 aromatic carbocycles. The monoisotopic (exact) mass is 437 g/mol. The highest BCUT2D eigenvalue weighted by atomic mass is 35.5. The molecule has 0 aliphatic rings. The molecule has 3 N–H and O–H groups in total. The van der Waals surface area contributed by atoms with Crippen molar-refractivity contribution in [2.75, 3.05) is 11.1 Å². The van der Waals surface area contributed by atoms with E-state index in [1.54, 1.807) is 0 Å². The van der Waals surface area contributed by atoms with Gasteiger partial charge in [-0.3, -0.25) is 4.79 Å². The first-order valence-electron chi connectivity index (χ1n) is 7.27. The molecule has 0 saturated heterocycles. The van der Waals surface area contributed by atoms with E-state index in [-0.39, 0.29) is 5.69 Å². The minimum Gasteiger partial charge on any atom is -0.507 e. The van der Waals surface area contributed by atoms with Crippen molar-refractivity contribution < 1.29 is 41.4 Å². The van der Waals surface area contributed by atoms with Crippen LogP contribution in [-0.2, 0) is 20.8 Å². The molecule has 0 saturated carbocycles. The van der Waals surface area contributed by atoms with Crippen molar-refractivity contribution >= 4 is 39.0 Å². The van der Waals surface area contributed by atoms with Gasteiger partial charge in [0.2, 0.25) is 5.91 Å². The zero-order valence-corrected chi connectivity index (χ0v) is 15.2. The number of benzene rings is 2. The van der Waals surface area contributed by atoms with E-state index in [0.717, 1.165) is 18.2 Å². The second-order valence-corrected chi connectivity index (χ2v) is 7.85. The number of carbonyl (C=O) groups is 2. The lowest BCUT2D eigenvalue weighted by molar-refractivity contribution is -0.137. The number of hydrogen-bond donors (Lipinski definition) is 3. The van der Waals surface area contributed by atoms with Gasteiger partial charge in [-0.15, -0.1) is 0 Å². The van der Waals surface area contributed by atoms with Crippen molar-refractivity contribution in [1.82, 2.24) is 0 Å². The summed E-state index contributed by atoms with van der Waals surface area (Å²) in [6, 6.07) is 4.64. The van der Waals surface area contributed by atoms with Crippen molar-refractivity contribution in [1.29, 1.82) is 0 Å². The van der Waals surface area contributed by atoms with Crippen LogP contribution in [0.1, 0.15) is 15.9 Å². The molecule has 0 radical (unpaired) electrons. The molecule has 0 aromatic heterocycles. The van der Waals surface area contributed by atoms with Crippen molar-refractivity contribution in [3.05, 3.63) is 52.5 Å². The summed E-state index contributed by atoms with van der Waals surface area (Å²) in [6.45, 7) is 0. The topological polar surface area (TPSA) is 121 Å². The first kappa shape index (κ1) is 21.5. The van der Waals surface area contributed by atoms with E-state index in [1.165, 1.54) is 0 Å². The molecule has 0 aliphatic carbocycles. The number of alkyl halides is 3. The predicted octanol–water partition coefficient (Wildman–Crippen LogP) is 3.18. The van der Waals surface area contributed by atoms with Crippen LogP contribution in [0.4, 0.5) is 18.9 Å². The lowest BCUT2D eigenvalue weighted by Gasteiger charge is -2.11.